The van der Waals surface area contributed by atoms with Gasteiger partial charge in [-0.05, 0) is 10.8 Å². The molecule has 3 aromatic rings. The fraction of sp³-hybridized carbons (Fsp3) is 0. The third-order valence-electron chi connectivity index (χ3n) is 2.88. The molecule has 0 radical (unpaired) electrons. The maximum absolute atomic E-state index is 5.48. The summed E-state index contributed by atoms with van der Waals surface area (Å²) in [6.07, 6.45) is 3.28. The van der Waals surface area contributed by atoms with Crippen LogP contribution in [0.2, 0.25) is 0 Å². The maximum atomic E-state index is 5.48. The molecule has 0 aliphatic heterocycles. The molecule has 1 aromatic heterocycles. The highest BCUT2D eigenvalue weighted by Gasteiger charge is 2.09. The molecule has 3 N–H and O–H groups in total. The third-order valence-corrected chi connectivity index (χ3v) is 2.88. The van der Waals surface area contributed by atoms with Crippen molar-refractivity contribution in [3.05, 3.63) is 54.9 Å². The van der Waals surface area contributed by atoms with E-state index < -0.39 is 0 Å². The predicted octanol–water partition coefficient (Wildman–Crippen LogP) is 2.58. The van der Waals surface area contributed by atoms with Gasteiger partial charge in [-0.3, -0.25) is 4.98 Å². The number of nitrogens with two attached hydrogens (primary N) is 1. The van der Waals surface area contributed by atoms with Crippen molar-refractivity contribution in [3.8, 4) is 11.3 Å². The topological polar surface area (TPSA) is 63.8 Å². The van der Waals surface area contributed by atoms with Crippen molar-refractivity contribution in [1.82, 2.24) is 9.97 Å². The fourth-order valence-corrected chi connectivity index (χ4v) is 2.07. The summed E-state index contributed by atoms with van der Waals surface area (Å²) in [4.78, 5) is 8.55. The van der Waals surface area contributed by atoms with E-state index in [1.54, 1.807) is 12.4 Å². The first kappa shape index (κ1) is 10.7. The summed E-state index contributed by atoms with van der Waals surface area (Å²) in [6, 6.07) is 14.3. The van der Waals surface area contributed by atoms with Gasteiger partial charge in [-0.2, -0.15) is 0 Å². The van der Waals surface area contributed by atoms with Crippen LogP contribution in [0.5, 0.6) is 0 Å². The van der Waals surface area contributed by atoms with Gasteiger partial charge in [0.15, 0.2) is 5.82 Å². The number of nitrogens with one attached hydrogen (secondary N) is 1. The van der Waals surface area contributed by atoms with Crippen LogP contribution in [0.3, 0.4) is 0 Å². The van der Waals surface area contributed by atoms with Gasteiger partial charge in [0.1, 0.15) is 5.69 Å². The normalized spacial score (nSPS) is 10.5. The zero-order valence-corrected chi connectivity index (χ0v) is 9.67. The predicted molar refractivity (Wildman–Crippen MR) is 72.8 cm³/mol. The van der Waals surface area contributed by atoms with Gasteiger partial charge in [0.2, 0.25) is 0 Å². The Morgan fingerprint density at radius 2 is 1.67 bits per heavy atom. The van der Waals surface area contributed by atoms with Gasteiger partial charge in [0.25, 0.3) is 0 Å². The van der Waals surface area contributed by atoms with E-state index in [0.717, 1.165) is 16.6 Å². The van der Waals surface area contributed by atoms with E-state index in [0.29, 0.717) is 5.82 Å². The highest BCUT2D eigenvalue weighted by Crippen LogP contribution is 2.30. The minimum atomic E-state index is 0.578. The molecule has 0 saturated heterocycles. The summed E-state index contributed by atoms with van der Waals surface area (Å²) in [5.41, 5.74) is 4.37. The van der Waals surface area contributed by atoms with Crippen molar-refractivity contribution in [3.63, 3.8) is 0 Å². The van der Waals surface area contributed by atoms with Crippen molar-refractivity contribution in [2.75, 3.05) is 5.43 Å². The Morgan fingerprint density at radius 3 is 2.56 bits per heavy atom. The lowest BCUT2D eigenvalue weighted by Crippen LogP contribution is -2.10. The SMILES string of the molecule is NNc1nccnc1-c1cccc2ccccc12. The first-order valence-corrected chi connectivity index (χ1v) is 5.66. The highest BCUT2D eigenvalue weighted by molar-refractivity contribution is 5.97. The van der Waals surface area contributed by atoms with Crippen LogP contribution in [0.1, 0.15) is 0 Å². The number of anilines is 1. The smallest absolute Gasteiger partial charge is 0.166 e. The van der Waals surface area contributed by atoms with Gasteiger partial charge in [-0.25, -0.2) is 10.8 Å². The summed E-state index contributed by atoms with van der Waals surface area (Å²) < 4.78 is 0. The number of fused-ring (bicyclic) bond motifs is 1. The summed E-state index contributed by atoms with van der Waals surface area (Å²) in [6.45, 7) is 0. The molecule has 0 unspecified atom stereocenters. The molecule has 2 aromatic carbocycles. The number of hydrazine groups is 1. The monoisotopic (exact) mass is 236 g/mol. The van der Waals surface area contributed by atoms with Gasteiger partial charge in [-0.1, -0.05) is 42.5 Å². The van der Waals surface area contributed by atoms with Crippen LogP contribution in [0.4, 0.5) is 5.82 Å². The largest absolute Gasteiger partial charge is 0.307 e. The molecule has 3 rings (SSSR count). The minimum Gasteiger partial charge on any atom is -0.307 e. The molecule has 0 aliphatic carbocycles. The van der Waals surface area contributed by atoms with Crippen molar-refractivity contribution < 1.29 is 0 Å². The molecule has 0 bridgehead atoms. The van der Waals surface area contributed by atoms with E-state index in [1.807, 2.05) is 24.3 Å². The Morgan fingerprint density at radius 1 is 0.889 bits per heavy atom. The molecule has 88 valence electrons. The number of hydrogen-bond donors (Lipinski definition) is 2. The molecule has 0 saturated carbocycles. The first-order valence-electron chi connectivity index (χ1n) is 5.66. The van der Waals surface area contributed by atoms with Gasteiger partial charge < -0.3 is 5.43 Å². The van der Waals surface area contributed by atoms with Gasteiger partial charge >= 0.3 is 0 Å². The third kappa shape index (κ3) is 1.69. The van der Waals surface area contributed by atoms with Crippen LogP contribution in [0.25, 0.3) is 22.0 Å². The lowest BCUT2D eigenvalue weighted by atomic mass is 10.0. The molecule has 4 nitrogen and oxygen atoms in total. The minimum absolute atomic E-state index is 0.578. The molecule has 1 heterocycles. The lowest BCUT2D eigenvalue weighted by molar-refractivity contribution is 1.16. The standard InChI is InChI=1S/C14H12N4/c15-18-14-13(16-8-9-17-14)12-7-3-5-10-4-1-2-6-11(10)12/h1-9H,15H2,(H,17,18). The summed E-state index contributed by atoms with van der Waals surface area (Å²) in [5.74, 6) is 6.06. The molecule has 18 heavy (non-hydrogen) atoms. The molecule has 0 spiro atoms. The molecule has 0 atom stereocenters. The number of benzene rings is 2. The maximum Gasteiger partial charge on any atom is 0.166 e. The zero-order valence-electron chi connectivity index (χ0n) is 9.67. The van der Waals surface area contributed by atoms with Gasteiger partial charge in [-0.15, -0.1) is 0 Å². The Hall–Kier alpha value is -2.46. The number of rotatable bonds is 2. The number of nitrogens with zero attached hydrogens (tertiary/aromatic N) is 2. The fourth-order valence-electron chi connectivity index (χ4n) is 2.07. The van der Waals surface area contributed by atoms with Gasteiger partial charge in [0, 0.05) is 18.0 Å². The van der Waals surface area contributed by atoms with E-state index in [-0.39, 0.29) is 0 Å². The molecule has 0 amide bonds. The van der Waals surface area contributed by atoms with Crippen LogP contribution in [-0.4, -0.2) is 9.97 Å². The summed E-state index contributed by atoms with van der Waals surface area (Å²) >= 11 is 0. The van der Waals surface area contributed by atoms with Crippen molar-refractivity contribution in [1.29, 1.82) is 0 Å². The molecular weight excluding hydrogens is 224 g/mol. The van der Waals surface area contributed by atoms with Crippen molar-refractivity contribution >= 4 is 16.6 Å². The number of aromatic nitrogens is 2. The summed E-state index contributed by atoms with van der Waals surface area (Å²) in [5, 5.41) is 2.31. The second kappa shape index (κ2) is 4.43. The van der Waals surface area contributed by atoms with E-state index >= 15 is 0 Å². The Balaban J connectivity index is 2.32. The van der Waals surface area contributed by atoms with Crippen LogP contribution >= 0.6 is 0 Å². The highest BCUT2D eigenvalue weighted by atomic mass is 15.3. The van der Waals surface area contributed by atoms with Crippen LogP contribution < -0.4 is 11.3 Å². The lowest BCUT2D eigenvalue weighted by Gasteiger charge is -2.09. The zero-order chi connectivity index (χ0) is 12.4. The molecule has 0 aliphatic rings. The summed E-state index contributed by atoms with van der Waals surface area (Å²) in [7, 11) is 0. The van der Waals surface area contributed by atoms with Crippen LogP contribution in [0, 0.1) is 0 Å². The molecular formula is C14H12N4. The first-order chi connectivity index (χ1) is 8.90. The van der Waals surface area contributed by atoms with Crippen LogP contribution in [-0.2, 0) is 0 Å². The van der Waals surface area contributed by atoms with Crippen molar-refractivity contribution in [2.24, 2.45) is 5.84 Å². The van der Waals surface area contributed by atoms with E-state index in [1.165, 1.54) is 5.39 Å². The molecule has 0 fully saturated rings. The van der Waals surface area contributed by atoms with Gasteiger partial charge in [0.05, 0.1) is 0 Å². The van der Waals surface area contributed by atoms with E-state index in [9.17, 15) is 0 Å². The quantitative estimate of drug-likeness (QED) is 0.530. The molecule has 4 heteroatoms. The second-order valence-electron chi connectivity index (χ2n) is 3.92. The van der Waals surface area contributed by atoms with E-state index in [2.05, 4.69) is 33.6 Å². The second-order valence-corrected chi connectivity index (χ2v) is 3.92. The average molecular weight is 236 g/mol. The number of nitrogen functional groups attached to an aromatic ring is 1. The Kier molecular flexibility index (Phi) is 2.63. The van der Waals surface area contributed by atoms with Crippen molar-refractivity contribution in [2.45, 2.75) is 0 Å². The Bertz CT molecular complexity index is 689. The Labute approximate surface area is 104 Å². The number of hydrogen-bond acceptors (Lipinski definition) is 4. The average Bonchev–Trinajstić information content (AvgIpc) is 2.46. The van der Waals surface area contributed by atoms with E-state index in [4.69, 9.17) is 5.84 Å². The van der Waals surface area contributed by atoms with Crippen LogP contribution in [0.15, 0.2) is 54.9 Å².